The molecule has 3 aliphatic heterocycles. The van der Waals surface area contributed by atoms with E-state index in [1.807, 2.05) is 37.3 Å². The minimum Gasteiger partial charge on any atom is -0.490 e. The Labute approximate surface area is 218 Å². The molecule has 1 spiro atoms. The number of hydrogen-bond donors (Lipinski definition) is 1. The summed E-state index contributed by atoms with van der Waals surface area (Å²) in [5, 5.41) is 9.19. The fourth-order valence-corrected chi connectivity index (χ4v) is 5.86. The van der Waals surface area contributed by atoms with Gasteiger partial charge in [-0.2, -0.15) is 0 Å². The van der Waals surface area contributed by atoms with Gasteiger partial charge in [-0.25, -0.2) is 19.9 Å². The number of fused-ring (bicyclic) bond motifs is 6. The Morgan fingerprint density at radius 2 is 1.95 bits per heavy atom. The van der Waals surface area contributed by atoms with Crippen molar-refractivity contribution >= 4 is 23.0 Å². The van der Waals surface area contributed by atoms with Gasteiger partial charge in [-0.15, -0.1) is 0 Å². The number of aliphatic hydroxyl groups is 1. The van der Waals surface area contributed by atoms with Gasteiger partial charge in [-0.05, 0) is 25.1 Å². The Morgan fingerprint density at radius 3 is 2.76 bits per heavy atom. The number of ether oxygens (including phenoxy) is 2. The zero-order chi connectivity index (χ0) is 25.9. The molecular formula is C27H27N7O4. The topological polar surface area (TPSA) is 119 Å². The van der Waals surface area contributed by atoms with E-state index in [1.54, 1.807) is 17.3 Å². The van der Waals surface area contributed by atoms with Crippen LogP contribution in [0.4, 0.5) is 5.95 Å². The molecule has 1 saturated heterocycles. The molecule has 194 valence electrons. The summed E-state index contributed by atoms with van der Waals surface area (Å²) >= 11 is 0. The average molecular weight is 514 g/mol. The Balaban J connectivity index is 1.21. The summed E-state index contributed by atoms with van der Waals surface area (Å²) in [6, 6.07) is 11.9. The van der Waals surface area contributed by atoms with Gasteiger partial charge < -0.3 is 24.4 Å². The van der Waals surface area contributed by atoms with Crippen LogP contribution in [-0.4, -0.2) is 85.9 Å². The normalized spacial score (nSPS) is 22.4. The predicted octanol–water partition coefficient (Wildman–Crippen LogP) is 1.58. The molecule has 3 aromatic heterocycles. The lowest BCUT2D eigenvalue weighted by Crippen LogP contribution is -2.55. The molecule has 7 rings (SSSR count). The number of carbonyl (C=O) groups is 1. The number of piperazine rings is 1. The van der Waals surface area contributed by atoms with Crippen molar-refractivity contribution in [3.05, 3.63) is 60.2 Å². The van der Waals surface area contributed by atoms with Crippen molar-refractivity contribution in [2.75, 3.05) is 44.4 Å². The summed E-state index contributed by atoms with van der Waals surface area (Å²) in [4.78, 5) is 34.8. The van der Waals surface area contributed by atoms with Crippen molar-refractivity contribution in [2.24, 2.45) is 0 Å². The molecule has 1 N–H and O–H groups in total. The van der Waals surface area contributed by atoms with Crippen LogP contribution in [0, 0.1) is 0 Å². The molecule has 4 aromatic rings. The zero-order valence-corrected chi connectivity index (χ0v) is 20.9. The summed E-state index contributed by atoms with van der Waals surface area (Å²) in [5.41, 5.74) is 3.71. The average Bonchev–Trinajstić information content (AvgIpc) is 3.52. The summed E-state index contributed by atoms with van der Waals surface area (Å²) in [7, 11) is 0. The van der Waals surface area contributed by atoms with E-state index in [-0.39, 0.29) is 11.9 Å². The van der Waals surface area contributed by atoms with Crippen LogP contribution < -0.4 is 9.64 Å². The zero-order valence-electron chi connectivity index (χ0n) is 20.9. The van der Waals surface area contributed by atoms with E-state index < -0.39 is 12.1 Å². The fourth-order valence-electron chi connectivity index (χ4n) is 5.86. The molecule has 6 heterocycles. The van der Waals surface area contributed by atoms with E-state index in [9.17, 15) is 9.90 Å². The van der Waals surface area contributed by atoms with Crippen LogP contribution in [0.15, 0.2) is 48.8 Å². The number of hydrogen-bond acceptors (Lipinski definition) is 9. The number of para-hydroxylation sites is 1. The number of anilines is 1. The van der Waals surface area contributed by atoms with Gasteiger partial charge in [0.2, 0.25) is 11.9 Å². The van der Waals surface area contributed by atoms with Crippen molar-refractivity contribution in [3.63, 3.8) is 0 Å². The lowest BCUT2D eigenvalue weighted by Gasteiger charge is -2.39. The molecule has 0 bridgehead atoms. The second-order valence-electron chi connectivity index (χ2n) is 10.0. The van der Waals surface area contributed by atoms with Crippen LogP contribution in [0.1, 0.15) is 18.3 Å². The molecule has 2 unspecified atom stereocenters. The molecule has 3 aliphatic rings. The summed E-state index contributed by atoms with van der Waals surface area (Å²) < 4.78 is 14.2. The molecule has 38 heavy (non-hydrogen) atoms. The maximum absolute atomic E-state index is 11.9. The minimum atomic E-state index is -0.513. The SMILES string of the molecule is CC1CN(c2ncc(-c3ccc4nc5n(c4n3)C3(COC5)COc4ccccc43)cn2)CCN1C(=O)CO. The van der Waals surface area contributed by atoms with Crippen LogP contribution in [0.3, 0.4) is 0 Å². The number of benzene rings is 1. The number of aromatic nitrogens is 5. The maximum atomic E-state index is 11.9. The second-order valence-corrected chi connectivity index (χ2v) is 10.0. The Kier molecular flexibility index (Phi) is 5.31. The van der Waals surface area contributed by atoms with Gasteiger partial charge in [-0.3, -0.25) is 9.36 Å². The van der Waals surface area contributed by atoms with Gasteiger partial charge in [0.1, 0.15) is 42.5 Å². The molecule has 1 amide bonds. The summed E-state index contributed by atoms with van der Waals surface area (Å²) in [6.07, 6.45) is 3.57. The number of amides is 1. The predicted molar refractivity (Wildman–Crippen MR) is 138 cm³/mol. The van der Waals surface area contributed by atoms with Gasteiger partial charge in [0, 0.05) is 49.2 Å². The van der Waals surface area contributed by atoms with Crippen LogP contribution in [0.25, 0.3) is 22.4 Å². The maximum Gasteiger partial charge on any atom is 0.248 e. The number of nitrogens with zero attached hydrogens (tertiary/aromatic N) is 7. The first-order valence-electron chi connectivity index (χ1n) is 12.7. The largest absolute Gasteiger partial charge is 0.490 e. The molecular weight excluding hydrogens is 486 g/mol. The number of imidazole rings is 1. The second kappa shape index (κ2) is 8.74. The monoisotopic (exact) mass is 513 g/mol. The van der Waals surface area contributed by atoms with E-state index in [2.05, 4.69) is 25.5 Å². The van der Waals surface area contributed by atoms with E-state index in [0.29, 0.717) is 45.4 Å². The van der Waals surface area contributed by atoms with Crippen molar-refractivity contribution in [2.45, 2.75) is 25.1 Å². The fraction of sp³-hybridized carbons (Fsp3) is 0.370. The first-order valence-corrected chi connectivity index (χ1v) is 12.7. The summed E-state index contributed by atoms with van der Waals surface area (Å²) in [5.74, 6) is 2.05. The summed E-state index contributed by atoms with van der Waals surface area (Å²) in [6.45, 7) is 4.59. The molecule has 0 aliphatic carbocycles. The number of rotatable bonds is 3. The molecule has 11 heteroatoms. The minimum absolute atomic E-state index is 0.0372. The highest BCUT2D eigenvalue weighted by molar-refractivity contribution is 5.78. The van der Waals surface area contributed by atoms with E-state index in [0.717, 1.165) is 39.6 Å². The van der Waals surface area contributed by atoms with E-state index in [1.165, 1.54) is 0 Å². The number of aliphatic hydroxyl groups excluding tert-OH is 1. The van der Waals surface area contributed by atoms with E-state index in [4.69, 9.17) is 19.4 Å². The van der Waals surface area contributed by atoms with Gasteiger partial charge in [0.15, 0.2) is 5.65 Å². The molecule has 0 saturated carbocycles. The van der Waals surface area contributed by atoms with Gasteiger partial charge >= 0.3 is 0 Å². The van der Waals surface area contributed by atoms with Crippen LogP contribution >= 0.6 is 0 Å². The van der Waals surface area contributed by atoms with Crippen molar-refractivity contribution in [1.29, 1.82) is 0 Å². The van der Waals surface area contributed by atoms with Gasteiger partial charge in [0.05, 0.1) is 12.3 Å². The first kappa shape index (κ1) is 23.1. The van der Waals surface area contributed by atoms with Crippen LogP contribution in [0.2, 0.25) is 0 Å². The van der Waals surface area contributed by atoms with Crippen molar-refractivity contribution in [3.8, 4) is 17.0 Å². The quantitative estimate of drug-likeness (QED) is 0.436. The molecule has 2 atom stereocenters. The van der Waals surface area contributed by atoms with Crippen LogP contribution in [0.5, 0.6) is 5.75 Å². The number of carbonyl (C=O) groups excluding carboxylic acids is 1. The highest BCUT2D eigenvalue weighted by atomic mass is 16.5. The smallest absolute Gasteiger partial charge is 0.248 e. The van der Waals surface area contributed by atoms with Crippen molar-refractivity contribution < 1.29 is 19.4 Å². The lowest BCUT2D eigenvalue weighted by atomic mass is 9.91. The Morgan fingerprint density at radius 1 is 1.11 bits per heavy atom. The molecule has 1 aromatic carbocycles. The number of pyridine rings is 1. The van der Waals surface area contributed by atoms with Crippen molar-refractivity contribution in [1.82, 2.24) is 29.4 Å². The third-order valence-electron chi connectivity index (χ3n) is 7.73. The highest BCUT2D eigenvalue weighted by Crippen LogP contribution is 2.44. The molecule has 1 fully saturated rings. The Bertz CT molecular complexity index is 1540. The third kappa shape index (κ3) is 3.46. The van der Waals surface area contributed by atoms with Gasteiger partial charge in [-0.1, -0.05) is 18.2 Å². The van der Waals surface area contributed by atoms with Gasteiger partial charge in [0.25, 0.3) is 0 Å². The van der Waals surface area contributed by atoms with Crippen LogP contribution in [-0.2, 0) is 21.7 Å². The Hall–Kier alpha value is -4.09. The van der Waals surface area contributed by atoms with E-state index >= 15 is 0 Å². The molecule has 0 radical (unpaired) electrons. The molecule has 11 nitrogen and oxygen atoms in total. The lowest BCUT2D eigenvalue weighted by molar-refractivity contribution is -0.136. The third-order valence-corrected chi connectivity index (χ3v) is 7.73. The highest BCUT2D eigenvalue weighted by Gasteiger charge is 2.47. The standard InChI is InChI=1S/C27H27N7O4/c1-17-12-32(8-9-33(17)24(36)13-35)26-28-10-18(11-29-26)20-6-7-21-25(31-20)34-23(30-21)14-37-15-27(34)16-38-22-5-3-2-4-19(22)27/h2-7,10-11,17,35H,8-9,12-16H2,1H3. The first-order chi connectivity index (χ1) is 18.6.